The zero-order valence-electron chi connectivity index (χ0n) is 14.3. The molecule has 0 bridgehead atoms. The van der Waals surface area contributed by atoms with Crippen molar-refractivity contribution in [1.29, 1.82) is 0 Å². The topological polar surface area (TPSA) is 65.2 Å². The van der Waals surface area contributed by atoms with E-state index < -0.39 is 12.1 Å². The van der Waals surface area contributed by atoms with Crippen molar-refractivity contribution in [3.05, 3.63) is 76.1 Å². The summed E-state index contributed by atoms with van der Waals surface area (Å²) in [5.74, 6) is 0.165. The number of halogens is 1. The van der Waals surface area contributed by atoms with Crippen molar-refractivity contribution < 1.29 is 13.9 Å². The Kier molecular flexibility index (Phi) is 5.63. The van der Waals surface area contributed by atoms with Crippen molar-refractivity contribution in [2.24, 2.45) is 0 Å². The molecule has 0 aliphatic heterocycles. The van der Waals surface area contributed by atoms with Gasteiger partial charge in [0, 0.05) is 16.1 Å². The van der Waals surface area contributed by atoms with Gasteiger partial charge in [-0.3, -0.25) is 0 Å². The Labute approximate surface area is 159 Å². The third-order valence-corrected chi connectivity index (χ3v) is 4.41. The molecule has 2 aromatic carbocycles. The highest BCUT2D eigenvalue weighted by molar-refractivity contribution is 9.10. The number of aryl methyl sites for hydroxylation is 1. The molecule has 0 aliphatic carbocycles. The highest BCUT2D eigenvalue weighted by Gasteiger charge is 2.18. The molecule has 0 aliphatic rings. The number of carbonyl (C=O) groups is 1. The molecule has 1 aromatic heterocycles. The van der Waals surface area contributed by atoms with Crippen molar-refractivity contribution in [2.45, 2.75) is 20.0 Å². The number of carbonyl (C=O) groups excluding carboxylic acids is 1. The Morgan fingerprint density at radius 1 is 1.15 bits per heavy atom. The fraction of sp³-hybridized carbons (Fsp3) is 0.150. The average molecular weight is 413 g/mol. The fourth-order valence-corrected chi connectivity index (χ4v) is 2.66. The predicted molar refractivity (Wildman–Crippen MR) is 102 cm³/mol. The second kappa shape index (κ2) is 8.10. The number of hydrogen-bond acceptors (Lipinski definition) is 5. The average Bonchev–Trinajstić information content (AvgIpc) is 3.12. The lowest BCUT2D eigenvalue weighted by Gasteiger charge is -2.07. The summed E-state index contributed by atoms with van der Waals surface area (Å²) in [5.41, 5.74) is 2.85. The van der Waals surface area contributed by atoms with Crippen molar-refractivity contribution in [2.75, 3.05) is 0 Å². The standard InChI is InChI=1S/C20H17BrN2O3/c1-13-7-9-16(10-8-13)20-23-22-19(26-20)14(2)25-18(24)12-11-15-5-3-4-6-17(15)21/h3-12,14H,1-2H3/b12-11+/t14-/m0/s1. The van der Waals surface area contributed by atoms with Gasteiger partial charge in [-0.1, -0.05) is 51.8 Å². The number of hydrogen-bond donors (Lipinski definition) is 0. The summed E-state index contributed by atoms with van der Waals surface area (Å²) in [7, 11) is 0. The van der Waals surface area contributed by atoms with E-state index in [1.807, 2.05) is 55.5 Å². The maximum Gasteiger partial charge on any atom is 0.331 e. The molecule has 0 fully saturated rings. The maximum atomic E-state index is 12.0. The van der Waals surface area contributed by atoms with Crippen LogP contribution in [0.1, 0.15) is 30.0 Å². The Morgan fingerprint density at radius 3 is 2.62 bits per heavy atom. The van der Waals surface area contributed by atoms with Crippen LogP contribution in [0.4, 0.5) is 0 Å². The summed E-state index contributed by atoms with van der Waals surface area (Å²) >= 11 is 3.43. The molecular formula is C20H17BrN2O3. The van der Waals surface area contributed by atoms with Gasteiger partial charge in [0.05, 0.1) is 0 Å². The van der Waals surface area contributed by atoms with Gasteiger partial charge in [-0.15, -0.1) is 10.2 Å². The first kappa shape index (κ1) is 18.1. The summed E-state index contributed by atoms with van der Waals surface area (Å²) in [6.07, 6.45) is 2.41. The lowest BCUT2D eigenvalue weighted by molar-refractivity contribution is -0.143. The molecule has 0 spiro atoms. The smallest absolute Gasteiger partial charge is 0.331 e. The summed E-state index contributed by atoms with van der Waals surface area (Å²) in [6, 6.07) is 15.3. The van der Waals surface area contributed by atoms with Gasteiger partial charge in [0.25, 0.3) is 5.89 Å². The molecule has 0 saturated carbocycles. The quantitative estimate of drug-likeness (QED) is 0.429. The Balaban J connectivity index is 1.64. The molecule has 5 nitrogen and oxygen atoms in total. The Morgan fingerprint density at radius 2 is 1.88 bits per heavy atom. The van der Waals surface area contributed by atoms with Crippen LogP contribution in [0, 0.1) is 6.92 Å². The van der Waals surface area contributed by atoms with Crippen LogP contribution in [0.3, 0.4) is 0 Å². The van der Waals surface area contributed by atoms with Gasteiger partial charge in [0.1, 0.15) is 0 Å². The second-order valence-corrected chi connectivity index (χ2v) is 6.60. The molecule has 0 N–H and O–H groups in total. The zero-order chi connectivity index (χ0) is 18.5. The van der Waals surface area contributed by atoms with Crippen LogP contribution in [-0.4, -0.2) is 16.2 Å². The third-order valence-electron chi connectivity index (χ3n) is 3.68. The van der Waals surface area contributed by atoms with E-state index in [1.165, 1.54) is 6.08 Å². The van der Waals surface area contributed by atoms with E-state index in [2.05, 4.69) is 26.1 Å². The van der Waals surface area contributed by atoms with E-state index in [0.29, 0.717) is 5.89 Å². The Hall–Kier alpha value is -2.73. The largest absolute Gasteiger partial charge is 0.449 e. The number of aromatic nitrogens is 2. The van der Waals surface area contributed by atoms with Crippen LogP contribution < -0.4 is 0 Å². The van der Waals surface area contributed by atoms with E-state index in [0.717, 1.165) is 21.2 Å². The van der Waals surface area contributed by atoms with Gasteiger partial charge in [-0.25, -0.2) is 4.79 Å². The van der Waals surface area contributed by atoms with Crippen molar-refractivity contribution in [3.8, 4) is 11.5 Å². The van der Waals surface area contributed by atoms with Crippen molar-refractivity contribution >= 4 is 28.0 Å². The first-order chi connectivity index (χ1) is 12.5. The lowest BCUT2D eigenvalue weighted by Crippen LogP contribution is -2.06. The van der Waals surface area contributed by atoms with Gasteiger partial charge in [0.15, 0.2) is 6.10 Å². The SMILES string of the molecule is Cc1ccc(-c2nnc([C@H](C)OC(=O)/C=C/c3ccccc3Br)o2)cc1. The molecule has 1 atom stereocenters. The zero-order valence-corrected chi connectivity index (χ0v) is 15.9. The maximum absolute atomic E-state index is 12.0. The number of benzene rings is 2. The van der Waals surface area contributed by atoms with E-state index in [4.69, 9.17) is 9.15 Å². The van der Waals surface area contributed by atoms with Crippen molar-refractivity contribution in [3.63, 3.8) is 0 Å². The molecule has 6 heteroatoms. The number of nitrogens with zero attached hydrogens (tertiary/aromatic N) is 2. The minimum Gasteiger partial charge on any atom is -0.449 e. The molecule has 3 aromatic rings. The van der Waals surface area contributed by atoms with Crippen molar-refractivity contribution in [1.82, 2.24) is 10.2 Å². The summed E-state index contributed by atoms with van der Waals surface area (Å²) < 4.78 is 11.9. The summed E-state index contributed by atoms with van der Waals surface area (Å²) in [6.45, 7) is 3.70. The summed E-state index contributed by atoms with van der Waals surface area (Å²) in [4.78, 5) is 12.0. The highest BCUT2D eigenvalue weighted by atomic mass is 79.9. The van der Waals surface area contributed by atoms with Gasteiger partial charge < -0.3 is 9.15 Å². The molecule has 0 saturated heterocycles. The van der Waals surface area contributed by atoms with E-state index in [-0.39, 0.29) is 5.89 Å². The van der Waals surface area contributed by atoms with Gasteiger partial charge in [-0.05, 0) is 43.7 Å². The second-order valence-electron chi connectivity index (χ2n) is 5.75. The van der Waals surface area contributed by atoms with Gasteiger partial charge >= 0.3 is 5.97 Å². The molecule has 0 unspecified atom stereocenters. The Bertz CT molecular complexity index is 932. The van der Waals surface area contributed by atoms with Crippen LogP contribution >= 0.6 is 15.9 Å². The van der Waals surface area contributed by atoms with Crippen LogP contribution in [0.25, 0.3) is 17.5 Å². The molecule has 3 rings (SSSR count). The van der Waals surface area contributed by atoms with E-state index >= 15 is 0 Å². The van der Waals surface area contributed by atoms with E-state index in [9.17, 15) is 4.79 Å². The van der Waals surface area contributed by atoms with Gasteiger partial charge in [0.2, 0.25) is 5.89 Å². The third kappa shape index (κ3) is 4.46. The monoisotopic (exact) mass is 412 g/mol. The van der Waals surface area contributed by atoms with E-state index in [1.54, 1.807) is 13.0 Å². The van der Waals surface area contributed by atoms with Crippen LogP contribution in [0.2, 0.25) is 0 Å². The lowest BCUT2D eigenvalue weighted by atomic mass is 10.1. The first-order valence-corrected chi connectivity index (χ1v) is 8.86. The first-order valence-electron chi connectivity index (χ1n) is 8.06. The number of ether oxygens (including phenoxy) is 1. The number of rotatable bonds is 5. The minimum absolute atomic E-state index is 0.253. The molecular weight excluding hydrogens is 396 g/mol. The molecule has 1 heterocycles. The summed E-state index contributed by atoms with van der Waals surface area (Å²) in [5, 5.41) is 7.99. The predicted octanol–water partition coefficient (Wildman–Crippen LogP) is 5.13. The minimum atomic E-state index is -0.641. The van der Waals surface area contributed by atoms with Crippen LogP contribution in [-0.2, 0) is 9.53 Å². The normalized spacial score (nSPS) is 12.3. The van der Waals surface area contributed by atoms with Gasteiger partial charge in [-0.2, -0.15) is 0 Å². The molecule has 26 heavy (non-hydrogen) atoms. The van der Waals surface area contributed by atoms with Crippen LogP contribution in [0.15, 0.2) is 63.5 Å². The number of esters is 1. The fourth-order valence-electron chi connectivity index (χ4n) is 2.24. The molecule has 0 radical (unpaired) electrons. The van der Waals surface area contributed by atoms with Crippen LogP contribution in [0.5, 0.6) is 0 Å². The highest BCUT2D eigenvalue weighted by Crippen LogP contribution is 2.23. The molecule has 132 valence electrons. The molecule has 0 amide bonds.